The summed E-state index contributed by atoms with van der Waals surface area (Å²) in [6.07, 6.45) is 0.331. The minimum Gasteiger partial charge on any atom is -0.493 e. The van der Waals surface area contributed by atoms with Gasteiger partial charge in [-0.05, 0) is 30.7 Å². The molecule has 1 heterocycles. The zero-order chi connectivity index (χ0) is 22.1. The van der Waals surface area contributed by atoms with Crippen LogP contribution in [0, 0.1) is 0 Å². The molecular weight excluding hydrogens is 416 g/mol. The van der Waals surface area contributed by atoms with Gasteiger partial charge in [0, 0.05) is 17.4 Å². The van der Waals surface area contributed by atoms with Crippen LogP contribution in [0.1, 0.15) is 28.5 Å². The van der Waals surface area contributed by atoms with Gasteiger partial charge in [-0.1, -0.05) is 30.3 Å². The van der Waals surface area contributed by atoms with Crippen LogP contribution in [0.2, 0.25) is 0 Å². The maximum Gasteiger partial charge on any atom is 0.328 e. The summed E-state index contributed by atoms with van der Waals surface area (Å²) >= 11 is 1.49. The quantitative estimate of drug-likeness (QED) is 0.485. The smallest absolute Gasteiger partial charge is 0.328 e. The van der Waals surface area contributed by atoms with E-state index in [9.17, 15) is 9.59 Å². The Kier molecular flexibility index (Phi) is 8.00. The molecule has 8 heteroatoms. The number of benzene rings is 2. The summed E-state index contributed by atoms with van der Waals surface area (Å²) in [5.74, 6) is 0.0325. The Morgan fingerprint density at radius 2 is 1.94 bits per heavy atom. The van der Waals surface area contributed by atoms with Crippen molar-refractivity contribution in [3.63, 3.8) is 0 Å². The highest BCUT2D eigenvalue weighted by Gasteiger charge is 2.23. The van der Waals surface area contributed by atoms with Gasteiger partial charge in [0.1, 0.15) is 12.6 Å². The summed E-state index contributed by atoms with van der Waals surface area (Å²) in [4.78, 5) is 29.4. The predicted octanol–water partition coefficient (Wildman–Crippen LogP) is 3.63. The molecule has 0 fully saturated rings. The summed E-state index contributed by atoms with van der Waals surface area (Å²) in [6.45, 7) is 2.26. The van der Waals surface area contributed by atoms with Gasteiger partial charge in [-0.25, -0.2) is 9.78 Å². The number of ether oxygens (including phenoxy) is 3. The highest BCUT2D eigenvalue weighted by atomic mass is 32.1. The van der Waals surface area contributed by atoms with Gasteiger partial charge in [0.15, 0.2) is 11.5 Å². The SMILES string of the molecule is CCOC(=O)C(Cc1ccccc1)NC(=O)c1ccc(OCc2cscn2)c(OC)c1. The van der Waals surface area contributed by atoms with E-state index in [2.05, 4.69) is 10.3 Å². The molecule has 1 atom stereocenters. The molecule has 1 N–H and O–H groups in total. The molecule has 0 aliphatic rings. The Morgan fingerprint density at radius 1 is 1.13 bits per heavy atom. The van der Waals surface area contributed by atoms with Gasteiger partial charge in [0.05, 0.1) is 24.9 Å². The van der Waals surface area contributed by atoms with Crippen molar-refractivity contribution in [2.75, 3.05) is 13.7 Å². The van der Waals surface area contributed by atoms with Gasteiger partial charge in [0.2, 0.25) is 0 Å². The predicted molar refractivity (Wildman–Crippen MR) is 117 cm³/mol. The molecule has 0 bridgehead atoms. The molecule has 7 nitrogen and oxygen atoms in total. The molecular formula is C23H24N2O5S. The number of amides is 1. The van der Waals surface area contributed by atoms with E-state index in [1.807, 2.05) is 35.7 Å². The Labute approximate surface area is 185 Å². The van der Waals surface area contributed by atoms with E-state index in [4.69, 9.17) is 14.2 Å². The number of nitrogens with one attached hydrogen (secondary N) is 1. The van der Waals surface area contributed by atoms with Gasteiger partial charge in [-0.3, -0.25) is 4.79 Å². The topological polar surface area (TPSA) is 86.8 Å². The molecule has 1 aromatic heterocycles. The van der Waals surface area contributed by atoms with Gasteiger partial charge >= 0.3 is 5.97 Å². The number of nitrogens with zero attached hydrogens (tertiary/aromatic N) is 1. The van der Waals surface area contributed by atoms with Crippen LogP contribution < -0.4 is 14.8 Å². The minimum atomic E-state index is -0.804. The number of methoxy groups -OCH3 is 1. The van der Waals surface area contributed by atoms with Crippen molar-refractivity contribution < 1.29 is 23.8 Å². The average molecular weight is 441 g/mol. The number of carbonyl (C=O) groups is 2. The lowest BCUT2D eigenvalue weighted by molar-refractivity contribution is -0.145. The normalized spacial score (nSPS) is 11.4. The van der Waals surface area contributed by atoms with Gasteiger partial charge in [-0.2, -0.15) is 0 Å². The van der Waals surface area contributed by atoms with Gasteiger partial charge < -0.3 is 19.5 Å². The lowest BCUT2D eigenvalue weighted by Gasteiger charge is -2.18. The monoisotopic (exact) mass is 440 g/mol. The number of hydrogen-bond acceptors (Lipinski definition) is 7. The van der Waals surface area contributed by atoms with Gasteiger partial charge in [-0.15, -0.1) is 11.3 Å². The molecule has 2 aromatic carbocycles. The van der Waals surface area contributed by atoms with Crippen molar-refractivity contribution in [3.8, 4) is 11.5 Å². The van der Waals surface area contributed by atoms with E-state index >= 15 is 0 Å². The van der Waals surface area contributed by atoms with Crippen LogP contribution in [0.15, 0.2) is 59.4 Å². The van der Waals surface area contributed by atoms with Crippen LogP contribution in [-0.2, 0) is 22.6 Å². The summed E-state index contributed by atoms with van der Waals surface area (Å²) in [5.41, 5.74) is 3.81. The van der Waals surface area contributed by atoms with Crippen LogP contribution in [-0.4, -0.2) is 36.6 Å². The second-order valence-electron chi connectivity index (χ2n) is 6.60. The van der Waals surface area contributed by atoms with E-state index in [0.29, 0.717) is 30.1 Å². The van der Waals surface area contributed by atoms with Crippen molar-refractivity contribution in [1.82, 2.24) is 10.3 Å². The van der Waals surface area contributed by atoms with Crippen molar-refractivity contribution >= 4 is 23.2 Å². The molecule has 0 aliphatic carbocycles. The molecule has 0 spiro atoms. The highest BCUT2D eigenvalue weighted by Crippen LogP contribution is 2.29. The number of esters is 1. The fourth-order valence-electron chi connectivity index (χ4n) is 2.92. The zero-order valence-electron chi connectivity index (χ0n) is 17.4. The first-order chi connectivity index (χ1) is 15.1. The summed E-state index contributed by atoms with van der Waals surface area (Å²) in [6, 6.07) is 13.5. The lowest BCUT2D eigenvalue weighted by Crippen LogP contribution is -2.43. The first kappa shape index (κ1) is 22.3. The third-order valence-electron chi connectivity index (χ3n) is 4.44. The maximum atomic E-state index is 12.9. The van der Waals surface area contributed by atoms with Crippen LogP contribution in [0.3, 0.4) is 0 Å². The summed E-state index contributed by atoms with van der Waals surface area (Å²) in [5, 5.41) is 4.67. The molecule has 3 rings (SSSR count). The zero-order valence-corrected chi connectivity index (χ0v) is 18.2. The van der Waals surface area contributed by atoms with Crippen molar-refractivity contribution in [2.24, 2.45) is 0 Å². The first-order valence-electron chi connectivity index (χ1n) is 9.80. The van der Waals surface area contributed by atoms with Crippen LogP contribution in [0.25, 0.3) is 0 Å². The Bertz CT molecular complexity index is 992. The second-order valence-corrected chi connectivity index (χ2v) is 7.32. The lowest BCUT2D eigenvalue weighted by atomic mass is 10.1. The number of hydrogen-bond donors (Lipinski definition) is 1. The molecule has 0 aliphatic heterocycles. The summed E-state index contributed by atoms with van der Waals surface area (Å²) in [7, 11) is 1.50. The standard InChI is InChI=1S/C23H24N2O5S/c1-3-29-23(27)19(11-16-7-5-4-6-8-16)25-22(26)17-9-10-20(21(12-17)28-2)30-13-18-14-31-15-24-18/h4-10,12,14-15,19H,3,11,13H2,1-2H3,(H,25,26). The van der Waals surface area contributed by atoms with E-state index < -0.39 is 17.9 Å². The van der Waals surface area contributed by atoms with Crippen molar-refractivity contribution in [2.45, 2.75) is 26.0 Å². The van der Waals surface area contributed by atoms with E-state index in [1.165, 1.54) is 18.4 Å². The number of thiazole rings is 1. The fourth-order valence-corrected chi connectivity index (χ4v) is 3.46. The van der Waals surface area contributed by atoms with Crippen LogP contribution in [0.5, 0.6) is 11.5 Å². The molecule has 0 radical (unpaired) electrons. The van der Waals surface area contributed by atoms with Crippen LogP contribution >= 0.6 is 11.3 Å². The third kappa shape index (κ3) is 6.29. The van der Waals surface area contributed by atoms with E-state index in [0.717, 1.165) is 11.3 Å². The molecule has 31 heavy (non-hydrogen) atoms. The van der Waals surface area contributed by atoms with E-state index in [-0.39, 0.29) is 6.61 Å². The minimum absolute atomic E-state index is 0.235. The molecule has 162 valence electrons. The highest BCUT2D eigenvalue weighted by molar-refractivity contribution is 7.07. The Hall–Kier alpha value is -3.39. The molecule has 0 saturated heterocycles. The summed E-state index contributed by atoms with van der Waals surface area (Å²) < 4.78 is 16.3. The van der Waals surface area contributed by atoms with Crippen LogP contribution in [0.4, 0.5) is 0 Å². The molecule has 1 unspecified atom stereocenters. The Balaban J connectivity index is 1.72. The number of aromatic nitrogens is 1. The molecule has 0 saturated carbocycles. The van der Waals surface area contributed by atoms with Gasteiger partial charge in [0.25, 0.3) is 5.91 Å². The third-order valence-corrected chi connectivity index (χ3v) is 5.08. The number of rotatable bonds is 10. The fraction of sp³-hybridized carbons (Fsp3) is 0.261. The maximum absolute atomic E-state index is 12.9. The van der Waals surface area contributed by atoms with Crippen molar-refractivity contribution in [1.29, 1.82) is 0 Å². The molecule has 3 aromatic rings. The van der Waals surface area contributed by atoms with Crippen molar-refractivity contribution in [3.05, 3.63) is 76.2 Å². The Morgan fingerprint density at radius 3 is 2.61 bits per heavy atom. The largest absolute Gasteiger partial charge is 0.493 e. The first-order valence-corrected chi connectivity index (χ1v) is 10.7. The molecule has 1 amide bonds. The number of carbonyl (C=O) groups excluding carboxylic acids is 2. The second kappa shape index (κ2) is 11.1. The average Bonchev–Trinajstić information content (AvgIpc) is 3.31. The van der Waals surface area contributed by atoms with E-state index in [1.54, 1.807) is 30.6 Å².